The second-order valence-corrected chi connectivity index (χ2v) is 6.86. The van der Waals surface area contributed by atoms with Gasteiger partial charge in [-0.05, 0) is 47.7 Å². The molecule has 1 aliphatic rings. The minimum absolute atomic E-state index is 0.0123. The van der Waals surface area contributed by atoms with E-state index in [9.17, 15) is 4.79 Å². The highest BCUT2D eigenvalue weighted by molar-refractivity contribution is 5.77. The molecule has 0 aliphatic heterocycles. The quantitative estimate of drug-likeness (QED) is 0.832. The van der Waals surface area contributed by atoms with Crippen molar-refractivity contribution < 1.29 is 9.53 Å². The molecule has 1 N–H and O–H groups in total. The fourth-order valence-corrected chi connectivity index (χ4v) is 2.59. The van der Waals surface area contributed by atoms with E-state index in [1.807, 2.05) is 20.8 Å². The molecule has 1 saturated carbocycles. The molecule has 1 fully saturated rings. The van der Waals surface area contributed by atoms with E-state index >= 15 is 0 Å². The van der Waals surface area contributed by atoms with Gasteiger partial charge in [-0.1, -0.05) is 19.3 Å². The SMILES string of the molecule is CN(C)C1(CNC(=O)COC(C)(C)C)CCCCC1. The van der Waals surface area contributed by atoms with E-state index in [2.05, 4.69) is 24.3 Å². The Morgan fingerprint density at radius 2 is 1.79 bits per heavy atom. The van der Waals surface area contributed by atoms with Gasteiger partial charge in [-0.2, -0.15) is 0 Å². The van der Waals surface area contributed by atoms with Crippen molar-refractivity contribution in [1.29, 1.82) is 0 Å². The van der Waals surface area contributed by atoms with Gasteiger partial charge in [-0.25, -0.2) is 0 Å². The van der Waals surface area contributed by atoms with Crippen molar-refractivity contribution in [3.8, 4) is 0 Å². The van der Waals surface area contributed by atoms with Gasteiger partial charge in [0.2, 0.25) is 5.91 Å². The highest BCUT2D eigenvalue weighted by Gasteiger charge is 2.34. The van der Waals surface area contributed by atoms with Gasteiger partial charge in [0, 0.05) is 12.1 Å². The monoisotopic (exact) mass is 270 g/mol. The van der Waals surface area contributed by atoms with Crippen LogP contribution in [-0.4, -0.2) is 49.2 Å². The fourth-order valence-electron chi connectivity index (χ4n) is 2.59. The summed E-state index contributed by atoms with van der Waals surface area (Å²) >= 11 is 0. The van der Waals surface area contributed by atoms with Crippen LogP contribution in [-0.2, 0) is 9.53 Å². The molecule has 1 rings (SSSR count). The first-order chi connectivity index (χ1) is 8.75. The van der Waals surface area contributed by atoms with Crippen LogP contribution in [0.25, 0.3) is 0 Å². The number of carbonyl (C=O) groups is 1. The number of likely N-dealkylation sites (N-methyl/N-ethyl adjacent to an activating group) is 1. The molecule has 0 aromatic heterocycles. The van der Waals surface area contributed by atoms with Crippen molar-refractivity contribution in [2.75, 3.05) is 27.2 Å². The zero-order chi connectivity index (χ0) is 14.5. The van der Waals surface area contributed by atoms with Crippen LogP contribution in [0.4, 0.5) is 0 Å². The van der Waals surface area contributed by atoms with Crippen LogP contribution >= 0.6 is 0 Å². The Labute approximate surface area is 117 Å². The maximum Gasteiger partial charge on any atom is 0.246 e. The number of carbonyl (C=O) groups excluding carboxylic acids is 1. The van der Waals surface area contributed by atoms with Gasteiger partial charge in [0.1, 0.15) is 6.61 Å². The van der Waals surface area contributed by atoms with E-state index in [1.54, 1.807) is 0 Å². The minimum Gasteiger partial charge on any atom is -0.366 e. The van der Waals surface area contributed by atoms with Crippen molar-refractivity contribution in [3.63, 3.8) is 0 Å². The Kier molecular flexibility index (Phi) is 5.81. The molecule has 0 atom stereocenters. The van der Waals surface area contributed by atoms with Crippen LogP contribution in [0.3, 0.4) is 0 Å². The molecule has 0 aromatic carbocycles. The second kappa shape index (κ2) is 6.71. The third-order valence-electron chi connectivity index (χ3n) is 3.98. The molecule has 4 nitrogen and oxygen atoms in total. The number of amides is 1. The molecule has 0 spiro atoms. The number of hydrogen-bond donors (Lipinski definition) is 1. The number of nitrogens with zero attached hydrogens (tertiary/aromatic N) is 1. The minimum atomic E-state index is -0.262. The van der Waals surface area contributed by atoms with Crippen molar-refractivity contribution in [3.05, 3.63) is 0 Å². The summed E-state index contributed by atoms with van der Waals surface area (Å²) in [6, 6.07) is 0. The summed E-state index contributed by atoms with van der Waals surface area (Å²) in [5.41, 5.74) is -0.128. The summed E-state index contributed by atoms with van der Waals surface area (Å²) in [6.45, 7) is 6.76. The molecule has 0 saturated heterocycles. The van der Waals surface area contributed by atoms with Crippen molar-refractivity contribution in [2.45, 2.75) is 64.0 Å². The van der Waals surface area contributed by atoms with Gasteiger partial charge < -0.3 is 15.0 Å². The van der Waals surface area contributed by atoms with Gasteiger partial charge in [-0.3, -0.25) is 4.79 Å². The van der Waals surface area contributed by atoms with Crippen molar-refractivity contribution in [2.24, 2.45) is 0 Å². The third-order valence-corrected chi connectivity index (χ3v) is 3.98. The van der Waals surface area contributed by atoms with E-state index < -0.39 is 0 Å². The van der Waals surface area contributed by atoms with Gasteiger partial charge in [0.15, 0.2) is 0 Å². The molecule has 0 heterocycles. The summed E-state index contributed by atoms with van der Waals surface area (Å²) in [7, 11) is 4.23. The van der Waals surface area contributed by atoms with Gasteiger partial charge in [0.05, 0.1) is 5.60 Å². The van der Waals surface area contributed by atoms with E-state index in [-0.39, 0.29) is 23.7 Å². The van der Waals surface area contributed by atoms with Crippen LogP contribution in [0.5, 0.6) is 0 Å². The summed E-state index contributed by atoms with van der Waals surface area (Å²) < 4.78 is 5.50. The van der Waals surface area contributed by atoms with E-state index in [0.29, 0.717) is 0 Å². The van der Waals surface area contributed by atoms with Crippen molar-refractivity contribution >= 4 is 5.91 Å². The Morgan fingerprint density at radius 3 is 2.26 bits per heavy atom. The largest absolute Gasteiger partial charge is 0.366 e. The topological polar surface area (TPSA) is 41.6 Å². The molecule has 4 heteroatoms. The van der Waals surface area contributed by atoms with E-state index in [4.69, 9.17) is 4.74 Å². The molecule has 0 radical (unpaired) electrons. The van der Waals surface area contributed by atoms with E-state index in [0.717, 1.165) is 6.54 Å². The Balaban J connectivity index is 2.42. The lowest BCUT2D eigenvalue weighted by molar-refractivity contribution is -0.131. The molecule has 19 heavy (non-hydrogen) atoms. The molecule has 0 unspecified atom stereocenters. The molecule has 1 aliphatic carbocycles. The highest BCUT2D eigenvalue weighted by atomic mass is 16.5. The average molecular weight is 270 g/mol. The van der Waals surface area contributed by atoms with Gasteiger partial charge >= 0.3 is 0 Å². The predicted octanol–water partition coefficient (Wildman–Crippen LogP) is 2.18. The summed E-state index contributed by atoms with van der Waals surface area (Å²) in [4.78, 5) is 14.1. The van der Waals surface area contributed by atoms with Crippen LogP contribution in [0, 0.1) is 0 Å². The Morgan fingerprint density at radius 1 is 1.21 bits per heavy atom. The highest BCUT2D eigenvalue weighted by Crippen LogP contribution is 2.31. The lowest BCUT2D eigenvalue weighted by atomic mass is 9.80. The first-order valence-corrected chi connectivity index (χ1v) is 7.33. The maximum absolute atomic E-state index is 11.8. The summed E-state index contributed by atoms with van der Waals surface area (Å²) in [5.74, 6) is -0.0123. The lowest BCUT2D eigenvalue weighted by Crippen LogP contribution is -2.54. The first kappa shape index (κ1) is 16.4. The van der Waals surface area contributed by atoms with E-state index in [1.165, 1.54) is 32.1 Å². The first-order valence-electron chi connectivity index (χ1n) is 7.33. The van der Waals surface area contributed by atoms with Crippen LogP contribution < -0.4 is 5.32 Å². The second-order valence-electron chi connectivity index (χ2n) is 6.86. The number of hydrogen-bond acceptors (Lipinski definition) is 3. The standard InChI is InChI=1S/C15H30N2O2/c1-14(2,3)19-11-13(18)16-12-15(17(4)5)9-7-6-8-10-15/h6-12H2,1-5H3,(H,16,18). The smallest absolute Gasteiger partial charge is 0.246 e. The zero-order valence-electron chi connectivity index (χ0n) is 13.2. The molecule has 112 valence electrons. The van der Waals surface area contributed by atoms with Crippen LogP contribution in [0.15, 0.2) is 0 Å². The third kappa shape index (κ3) is 5.49. The number of rotatable bonds is 5. The molecule has 0 aromatic rings. The number of ether oxygens (including phenoxy) is 1. The van der Waals surface area contributed by atoms with Crippen LogP contribution in [0.1, 0.15) is 52.9 Å². The Bertz CT molecular complexity index is 289. The predicted molar refractivity (Wildman–Crippen MR) is 78.2 cm³/mol. The fraction of sp³-hybridized carbons (Fsp3) is 0.933. The van der Waals surface area contributed by atoms with Crippen molar-refractivity contribution in [1.82, 2.24) is 10.2 Å². The average Bonchev–Trinajstić information content (AvgIpc) is 2.34. The molecular weight excluding hydrogens is 240 g/mol. The number of nitrogens with one attached hydrogen (secondary N) is 1. The molecular formula is C15H30N2O2. The summed E-state index contributed by atoms with van der Waals surface area (Å²) in [5, 5.41) is 3.04. The van der Waals surface area contributed by atoms with Crippen LogP contribution in [0.2, 0.25) is 0 Å². The normalized spacial score (nSPS) is 19.5. The van der Waals surface area contributed by atoms with Gasteiger partial charge in [-0.15, -0.1) is 0 Å². The maximum atomic E-state index is 11.8. The lowest BCUT2D eigenvalue weighted by Gasteiger charge is -2.43. The zero-order valence-corrected chi connectivity index (χ0v) is 13.2. The molecule has 1 amide bonds. The molecule has 0 bridgehead atoms. The summed E-state index contributed by atoms with van der Waals surface area (Å²) in [6.07, 6.45) is 6.16. The van der Waals surface area contributed by atoms with Gasteiger partial charge in [0.25, 0.3) is 0 Å². The Hall–Kier alpha value is -0.610.